The standard InChI is InChI=1S/C22H28N4O2S/c1-14(2)26-21(19-12-16-9-5-7-11-18(16)28-19)24-25-22(26)29-13-20(27)23-17-10-6-4-8-15(17)3/h5,7,9,11-12,14-15,17H,4,6,8,10,13H2,1-3H3,(H,23,27). The minimum Gasteiger partial charge on any atom is -0.453 e. The number of hydrogen-bond acceptors (Lipinski definition) is 5. The number of nitrogens with one attached hydrogen (secondary N) is 1. The number of amides is 1. The number of nitrogens with zero attached hydrogens (tertiary/aromatic N) is 3. The van der Waals surface area contributed by atoms with E-state index < -0.39 is 0 Å². The lowest BCUT2D eigenvalue weighted by Gasteiger charge is -2.29. The molecule has 3 aromatic rings. The number of aromatic nitrogens is 3. The van der Waals surface area contributed by atoms with Crippen LogP contribution in [0.5, 0.6) is 0 Å². The van der Waals surface area contributed by atoms with Crippen LogP contribution in [0, 0.1) is 5.92 Å². The molecule has 2 heterocycles. The van der Waals surface area contributed by atoms with E-state index in [1.54, 1.807) is 0 Å². The average molecular weight is 413 g/mol. The van der Waals surface area contributed by atoms with Crippen LogP contribution in [-0.2, 0) is 4.79 Å². The van der Waals surface area contributed by atoms with Gasteiger partial charge in [-0.25, -0.2) is 0 Å². The molecule has 2 aromatic heterocycles. The van der Waals surface area contributed by atoms with E-state index in [1.807, 2.05) is 34.9 Å². The van der Waals surface area contributed by atoms with E-state index in [2.05, 4.69) is 36.3 Å². The first kappa shape index (κ1) is 20.0. The normalized spacial score (nSPS) is 19.7. The highest BCUT2D eigenvalue weighted by Crippen LogP contribution is 2.31. The van der Waals surface area contributed by atoms with Crippen molar-refractivity contribution in [3.05, 3.63) is 30.3 Å². The van der Waals surface area contributed by atoms with Gasteiger partial charge in [-0.1, -0.05) is 49.7 Å². The van der Waals surface area contributed by atoms with Crippen molar-refractivity contribution in [1.29, 1.82) is 0 Å². The van der Waals surface area contributed by atoms with E-state index in [4.69, 9.17) is 4.42 Å². The van der Waals surface area contributed by atoms with Crippen LogP contribution in [0.15, 0.2) is 39.9 Å². The Bertz CT molecular complexity index is 961. The Morgan fingerprint density at radius 1 is 1.28 bits per heavy atom. The van der Waals surface area contributed by atoms with Crippen molar-refractivity contribution in [2.75, 3.05) is 5.75 Å². The van der Waals surface area contributed by atoms with Crippen molar-refractivity contribution >= 4 is 28.6 Å². The molecule has 1 fully saturated rings. The van der Waals surface area contributed by atoms with Crippen molar-refractivity contribution < 1.29 is 9.21 Å². The summed E-state index contributed by atoms with van der Waals surface area (Å²) in [6.45, 7) is 6.40. The quantitative estimate of drug-likeness (QED) is 0.573. The van der Waals surface area contributed by atoms with Crippen molar-refractivity contribution in [2.24, 2.45) is 5.92 Å². The zero-order valence-electron chi connectivity index (χ0n) is 17.2. The number of fused-ring (bicyclic) bond motifs is 1. The first-order chi connectivity index (χ1) is 14.0. The number of carbonyl (C=O) groups excluding carboxylic acids is 1. The van der Waals surface area contributed by atoms with Gasteiger partial charge in [0.15, 0.2) is 10.9 Å². The summed E-state index contributed by atoms with van der Waals surface area (Å²) in [5.41, 5.74) is 0.830. The molecule has 2 atom stereocenters. The summed E-state index contributed by atoms with van der Waals surface area (Å²) in [6.07, 6.45) is 4.74. The SMILES string of the molecule is CC1CCCCC1NC(=O)CSc1nnc(-c2cc3ccccc3o2)n1C(C)C. The van der Waals surface area contributed by atoms with Crippen LogP contribution in [0.25, 0.3) is 22.6 Å². The topological polar surface area (TPSA) is 73.0 Å². The summed E-state index contributed by atoms with van der Waals surface area (Å²) in [5, 5.41) is 13.7. The monoisotopic (exact) mass is 412 g/mol. The fourth-order valence-electron chi connectivity index (χ4n) is 4.01. The summed E-state index contributed by atoms with van der Waals surface area (Å²) in [6, 6.07) is 10.3. The second-order valence-corrected chi connectivity index (χ2v) is 9.09. The highest BCUT2D eigenvalue weighted by molar-refractivity contribution is 7.99. The van der Waals surface area contributed by atoms with Gasteiger partial charge in [0.2, 0.25) is 11.7 Å². The molecule has 4 rings (SSSR count). The smallest absolute Gasteiger partial charge is 0.230 e. The molecule has 1 aromatic carbocycles. The zero-order chi connectivity index (χ0) is 20.4. The minimum atomic E-state index is 0.0670. The summed E-state index contributed by atoms with van der Waals surface area (Å²) in [4.78, 5) is 12.5. The highest BCUT2D eigenvalue weighted by Gasteiger charge is 2.24. The number of carbonyl (C=O) groups is 1. The Hall–Kier alpha value is -2.28. The molecular formula is C22H28N4O2S. The number of rotatable bonds is 6. The second kappa shape index (κ2) is 8.61. The lowest BCUT2D eigenvalue weighted by atomic mass is 9.86. The van der Waals surface area contributed by atoms with E-state index in [1.165, 1.54) is 31.0 Å². The number of para-hydroxylation sites is 1. The van der Waals surface area contributed by atoms with Crippen LogP contribution in [0.3, 0.4) is 0 Å². The first-order valence-corrected chi connectivity index (χ1v) is 11.4. The van der Waals surface area contributed by atoms with E-state index in [0.717, 1.165) is 22.5 Å². The van der Waals surface area contributed by atoms with Gasteiger partial charge in [0.1, 0.15) is 5.58 Å². The molecule has 1 amide bonds. The van der Waals surface area contributed by atoms with E-state index in [9.17, 15) is 4.79 Å². The molecule has 1 aliphatic carbocycles. The molecular weight excluding hydrogens is 384 g/mol. The third kappa shape index (κ3) is 4.34. The van der Waals surface area contributed by atoms with Crippen molar-refractivity contribution in [2.45, 2.75) is 63.7 Å². The predicted octanol–water partition coefficient (Wildman–Crippen LogP) is 5.06. The molecule has 1 N–H and O–H groups in total. The van der Waals surface area contributed by atoms with Gasteiger partial charge in [0.05, 0.1) is 5.75 Å². The fraction of sp³-hybridized carbons (Fsp3) is 0.500. The molecule has 0 bridgehead atoms. The number of furan rings is 1. The van der Waals surface area contributed by atoms with Crippen LogP contribution < -0.4 is 5.32 Å². The van der Waals surface area contributed by atoms with Crippen LogP contribution in [0.2, 0.25) is 0 Å². The van der Waals surface area contributed by atoms with Crippen LogP contribution in [0.1, 0.15) is 52.5 Å². The van der Waals surface area contributed by atoms with Crippen LogP contribution in [-0.4, -0.2) is 32.5 Å². The Morgan fingerprint density at radius 2 is 2.07 bits per heavy atom. The Labute approximate surface area is 175 Å². The maximum atomic E-state index is 12.5. The predicted molar refractivity (Wildman–Crippen MR) is 116 cm³/mol. The minimum absolute atomic E-state index is 0.0670. The van der Waals surface area contributed by atoms with Crippen molar-refractivity contribution in [1.82, 2.24) is 20.1 Å². The largest absolute Gasteiger partial charge is 0.453 e. The third-order valence-electron chi connectivity index (χ3n) is 5.62. The maximum absolute atomic E-state index is 12.5. The third-order valence-corrected chi connectivity index (χ3v) is 6.56. The van der Waals surface area contributed by atoms with E-state index >= 15 is 0 Å². The van der Waals surface area contributed by atoms with E-state index in [-0.39, 0.29) is 11.9 Å². The Balaban J connectivity index is 1.48. The molecule has 1 aliphatic rings. The number of thioether (sulfide) groups is 1. The van der Waals surface area contributed by atoms with Crippen LogP contribution in [0.4, 0.5) is 0 Å². The summed E-state index contributed by atoms with van der Waals surface area (Å²) in [7, 11) is 0. The van der Waals surface area contributed by atoms with Gasteiger partial charge in [-0.2, -0.15) is 0 Å². The molecule has 0 radical (unpaired) electrons. The molecule has 0 aliphatic heterocycles. The Kier molecular flexibility index (Phi) is 5.94. The number of benzene rings is 1. The van der Waals surface area contributed by atoms with Gasteiger partial charge in [0.25, 0.3) is 0 Å². The van der Waals surface area contributed by atoms with Gasteiger partial charge in [-0.05, 0) is 44.7 Å². The lowest BCUT2D eigenvalue weighted by molar-refractivity contribution is -0.119. The fourth-order valence-corrected chi connectivity index (χ4v) is 4.89. The van der Waals surface area contributed by atoms with Crippen molar-refractivity contribution in [3.8, 4) is 11.6 Å². The molecule has 0 saturated heterocycles. The van der Waals surface area contributed by atoms with Gasteiger partial charge in [-0.15, -0.1) is 10.2 Å². The summed E-state index contributed by atoms with van der Waals surface area (Å²) < 4.78 is 8.02. The van der Waals surface area contributed by atoms with Crippen molar-refractivity contribution in [3.63, 3.8) is 0 Å². The highest BCUT2D eigenvalue weighted by atomic mass is 32.2. The molecule has 0 spiro atoms. The zero-order valence-corrected chi connectivity index (χ0v) is 18.0. The average Bonchev–Trinajstić information content (AvgIpc) is 3.32. The molecule has 6 nitrogen and oxygen atoms in total. The van der Waals surface area contributed by atoms with Gasteiger partial charge in [0, 0.05) is 17.5 Å². The van der Waals surface area contributed by atoms with Gasteiger partial charge < -0.3 is 9.73 Å². The maximum Gasteiger partial charge on any atom is 0.230 e. The Morgan fingerprint density at radius 3 is 2.83 bits per heavy atom. The van der Waals surface area contributed by atoms with Gasteiger partial charge >= 0.3 is 0 Å². The molecule has 154 valence electrons. The molecule has 1 saturated carbocycles. The first-order valence-electron chi connectivity index (χ1n) is 10.4. The summed E-state index contributed by atoms with van der Waals surface area (Å²) in [5.74, 6) is 2.35. The molecule has 2 unspecified atom stereocenters. The van der Waals surface area contributed by atoms with Crippen LogP contribution >= 0.6 is 11.8 Å². The summed E-state index contributed by atoms with van der Waals surface area (Å²) >= 11 is 1.43. The lowest BCUT2D eigenvalue weighted by Crippen LogP contribution is -2.41. The van der Waals surface area contributed by atoms with Gasteiger partial charge in [-0.3, -0.25) is 9.36 Å². The van der Waals surface area contributed by atoms with E-state index in [0.29, 0.717) is 29.3 Å². The second-order valence-electron chi connectivity index (χ2n) is 8.14. The molecule has 29 heavy (non-hydrogen) atoms. The number of hydrogen-bond donors (Lipinski definition) is 1. The molecule has 7 heteroatoms.